The lowest BCUT2D eigenvalue weighted by atomic mass is 10.1. The molecule has 0 aliphatic carbocycles. The Morgan fingerprint density at radius 1 is 1.04 bits per heavy atom. The van der Waals surface area contributed by atoms with Gasteiger partial charge in [0.2, 0.25) is 11.5 Å². The number of esters is 1. The van der Waals surface area contributed by atoms with Crippen LogP contribution in [0.3, 0.4) is 0 Å². The van der Waals surface area contributed by atoms with Gasteiger partial charge in [-0.2, -0.15) is 8.78 Å². The Morgan fingerprint density at radius 3 is 2.39 bits per heavy atom. The standard InChI is InChI=1S/C20H14F2O6/c1-11(18(24)12-6-8-13(9-7-12)27-20(21)22)26-19(25)17-10-15(23)14-4-2-3-5-16(14)28-17/h2-11,20H,1H3/t11-/m0/s1. The molecule has 1 aromatic heterocycles. The molecule has 0 aliphatic heterocycles. The van der Waals surface area contributed by atoms with E-state index in [9.17, 15) is 23.2 Å². The number of carbonyl (C=O) groups excluding carboxylic acids is 2. The van der Waals surface area contributed by atoms with E-state index in [1.807, 2.05) is 0 Å². The van der Waals surface area contributed by atoms with Gasteiger partial charge in [0.15, 0.2) is 11.5 Å². The minimum absolute atomic E-state index is 0.103. The molecule has 28 heavy (non-hydrogen) atoms. The van der Waals surface area contributed by atoms with Crippen molar-refractivity contribution in [2.24, 2.45) is 0 Å². The molecular formula is C20H14F2O6. The van der Waals surface area contributed by atoms with E-state index >= 15 is 0 Å². The van der Waals surface area contributed by atoms with Crippen LogP contribution < -0.4 is 10.2 Å². The van der Waals surface area contributed by atoms with Crippen LogP contribution in [-0.4, -0.2) is 24.5 Å². The summed E-state index contributed by atoms with van der Waals surface area (Å²) in [5.74, 6) is -1.96. The molecule has 2 aromatic carbocycles. The lowest BCUT2D eigenvalue weighted by Crippen LogP contribution is -2.25. The Kier molecular flexibility index (Phi) is 5.49. The van der Waals surface area contributed by atoms with Crippen molar-refractivity contribution >= 4 is 22.7 Å². The van der Waals surface area contributed by atoms with Crippen LogP contribution in [0, 0.1) is 0 Å². The van der Waals surface area contributed by atoms with Crippen molar-refractivity contribution in [3.8, 4) is 5.75 Å². The molecule has 0 aliphatic rings. The predicted molar refractivity (Wildman–Crippen MR) is 94.8 cm³/mol. The van der Waals surface area contributed by atoms with Crippen LogP contribution in [0.1, 0.15) is 27.8 Å². The SMILES string of the molecule is C[C@H](OC(=O)c1cc(=O)c2ccccc2o1)C(=O)c1ccc(OC(F)F)cc1. The second-order valence-electron chi connectivity index (χ2n) is 5.79. The molecule has 6 nitrogen and oxygen atoms in total. The van der Waals surface area contributed by atoms with Crippen molar-refractivity contribution in [2.75, 3.05) is 0 Å². The summed E-state index contributed by atoms with van der Waals surface area (Å²) >= 11 is 0. The number of fused-ring (bicyclic) bond motifs is 1. The zero-order chi connectivity index (χ0) is 20.3. The van der Waals surface area contributed by atoms with Crippen LogP contribution in [0.25, 0.3) is 11.0 Å². The second kappa shape index (κ2) is 7.99. The number of halogens is 2. The summed E-state index contributed by atoms with van der Waals surface area (Å²) in [5, 5.41) is 0.314. The fraction of sp³-hybridized carbons (Fsp3) is 0.150. The number of hydrogen-bond acceptors (Lipinski definition) is 6. The Bertz CT molecular complexity index is 1070. The summed E-state index contributed by atoms with van der Waals surface area (Å²) in [6, 6.07) is 12.4. The number of ketones is 1. The third-order valence-corrected chi connectivity index (χ3v) is 3.85. The number of alkyl halides is 2. The first-order chi connectivity index (χ1) is 13.3. The minimum Gasteiger partial charge on any atom is -0.449 e. The molecule has 0 fully saturated rings. The van der Waals surface area contributed by atoms with Crippen molar-refractivity contribution in [3.05, 3.63) is 76.1 Å². The number of Topliss-reactive ketones (excluding diaryl/α,β-unsaturated/α-hetero) is 1. The highest BCUT2D eigenvalue weighted by Gasteiger charge is 2.22. The second-order valence-corrected chi connectivity index (χ2v) is 5.79. The molecule has 3 rings (SSSR count). The number of rotatable bonds is 6. The number of hydrogen-bond donors (Lipinski definition) is 0. The molecule has 0 radical (unpaired) electrons. The van der Waals surface area contributed by atoms with Gasteiger partial charge in [-0.15, -0.1) is 0 Å². The van der Waals surface area contributed by atoms with Gasteiger partial charge < -0.3 is 13.9 Å². The number of para-hydroxylation sites is 1. The van der Waals surface area contributed by atoms with Crippen LogP contribution in [0.2, 0.25) is 0 Å². The van der Waals surface area contributed by atoms with Crippen LogP contribution >= 0.6 is 0 Å². The number of carbonyl (C=O) groups is 2. The fourth-order valence-corrected chi connectivity index (χ4v) is 2.51. The highest BCUT2D eigenvalue weighted by atomic mass is 19.3. The molecule has 0 saturated heterocycles. The van der Waals surface area contributed by atoms with Gasteiger partial charge in [-0.1, -0.05) is 12.1 Å². The number of benzene rings is 2. The van der Waals surface area contributed by atoms with Crippen LogP contribution in [0.4, 0.5) is 8.78 Å². The van der Waals surface area contributed by atoms with Crippen molar-refractivity contribution in [1.29, 1.82) is 0 Å². The monoisotopic (exact) mass is 388 g/mol. The van der Waals surface area contributed by atoms with Gasteiger partial charge in [0.05, 0.1) is 5.39 Å². The van der Waals surface area contributed by atoms with Gasteiger partial charge in [-0.25, -0.2) is 4.79 Å². The van der Waals surface area contributed by atoms with E-state index in [1.54, 1.807) is 18.2 Å². The summed E-state index contributed by atoms with van der Waals surface area (Å²) in [6.45, 7) is -1.62. The third kappa shape index (κ3) is 4.22. The molecule has 0 saturated carbocycles. The normalized spacial score (nSPS) is 12.0. The molecular weight excluding hydrogens is 374 g/mol. The summed E-state index contributed by atoms with van der Waals surface area (Å²) in [7, 11) is 0. The van der Waals surface area contributed by atoms with Crippen LogP contribution in [-0.2, 0) is 4.74 Å². The molecule has 144 valence electrons. The first-order valence-corrected chi connectivity index (χ1v) is 8.18. The summed E-state index contributed by atoms with van der Waals surface area (Å²) < 4.78 is 39.0. The van der Waals surface area contributed by atoms with Gasteiger partial charge in [-0.3, -0.25) is 9.59 Å². The van der Waals surface area contributed by atoms with Crippen molar-refractivity contribution < 1.29 is 32.3 Å². The van der Waals surface area contributed by atoms with Crippen molar-refractivity contribution in [2.45, 2.75) is 19.6 Å². The Balaban J connectivity index is 1.73. The van der Waals surface area contributed by atoms with E-state index < -0.39 is 29.9 Å². The van der Waals surface area contributed by atoms with Gasteiger partial charge in [0.25, 0.3) is 0 Å². The van der Waals surface area contributed by atoms with E-state index in [1.165, 1.54) is 37.3 Å². The predicted octanol–water partition coefficient (Wildman–Crippen LogP) is 3.82. The third-order valence-electron chi connectivity index (χ3n) is 3.85. The minimum atomic E-state index is -2.97. The zero-order valence-corrected chi connectivity index (χ0v) is 14.6. The molecule has 8 heteroatoms. The maximum Gasteiger partial charge on any atom is 0.387 e. The number of ether oxygens (including phenoxy) is 2. The van der Waals surface area contributed by atoms with E-state index in [0.29, 0.717) is 5.39 Å². The van der Waals surface area contributed by atoms with Gasteiger partial charge in [-0.05, 0) is 43.3 Å². The fourth-order valence-electron chi connectivity index (χ4n) is 2.51. The molecule has 0 unspecified atom stereocenters. The molecule has 0 bridgehead atoms. The van der Waals surface area contributed by atoms with Crippen LogP contribution in [0.15, 0.2) is 63.8 Å². The molecule has 1 heterocycles. The highest BCUT2D eigenvalue weighted by Crippen LogP contribution is 2.18. The topological polar surface area (TPSA) is 82.8 Å². The van der Waals surface area contributed by atoms with Gasteiger partial charge in [0, 0.05) is 11.6 Å². The lowest BCUT2D eigenvalue weighted by molar-refractivity contribution is -0.0498. The average molecular weight is 388 g/mol. The Labute approximate surface area is 157 Å². The molecule has 0 spiro atoms. The van der Waals surface area contributed by atoms with E-state index in [0.717, 1.165) is 6.07 Å². The molecule has 1 atom stereocenters. The van der Waals surface area contributed by atoms with Gasteiger partial charge >= 0.3 is 12.6 Å². The summed E-state index contributed by atoms with van der Waals surface area (Å²) in [4.78, 5) is 36.7. The first kappa shape index (κ1) is 19.2. The van der Waals surface area contributed by atoms with Crippen LogP contribution in [0.5, 0.6) is 5.75 Å². The quantitative estimate of drug-likeness (QED) is 0.472. The molecule has 0 amide bonds. The van der Waals surface area contributed by atoms with E-state index in [4.69, 9.17) is 9.15 Å². The maximum absolute atomic E-state index is 12.4. The smallest absolute Gasteiger partial charge is 0.387 e. The average Bonchev–Trinajstić information content (AvgIpc) is 2.67. The lowest BCUT2D eigenvalue weighted by Gasteiger charge is -2.12. The van der Waals surface area contributed by atoms with Crippen molar-refractivity contribution in [1.82, 2.24) is 0 Å². The summed E-state index contributed by atoms with van der Waals surface area (Å²) in [5.41, 5.74) is -0.0557. The zero-order valence-electron chi connectivity index (χ0n) is 14.6. The van der Waals surface area contributed by atoms with E-state index in [-0.39, 0.29) is 22.7 Å². The van der Waals surface area contributed by atoms with E-state index in [2.05, 4.69) is 4.74 Å². The van der Waals surface area contributed by atoms with Gasteiger partial charge in [0.1, 0.15) is 11.3 Å². The molecule has 3 aromatic rings. The maximum atomic E-state index is 12.4. The Morgan fingerprint density at radius 2 is 1.71 bits per heavy atom. The molecule has 0 N–H and O–H groups in total. The largest absolute Gasteiger partial charge is 0.449 e. The first-order valence-electron chi connectivity index (χ1n) is 8.18. The highest BCUT2D eigenvalue weighted by molar-refractivity contribution is 6.01. The van der Waals surface area contributed by atoms with Crippen molar-refractivity contribution in [3.63, 3.8) is 0 Å². The Hall–Kier alpha value is -3.55. The summed E-state index contributed by atoms with van der Waals surface area (Å²) in [6.07, 6.45) is -1.19.